The first-order valence-corrected chi connectivity index (χ1v) is 11.1. The zero-order valence-corrected chi connectivity index (χ0v) is 18.6. The van der Waals surface area contributed by atoms with E-state index in [0.717, 1.165) is 43.2 Å². The number of anilines is 1. The largest absolute Gasteiger partial charge is 0.497 e. The summed E-state index contributed by atoms with van der Waals surface area (Å²) in [4.78, 5) is 22.1. The van der Waals surface area contributed by atoms with Gasteiger partial charge in [0, 0.05) is 37.9 Å². The quantitative estimate of drug-likeness (QED) is 0.680. The van der Waals surface area contributed by atoms with Gasteiger partial charge in [-0.2, -0.15) is 0 Å². The third-order valence-corrected chi connectivity index (χ3v) is 6.93. The second-order valence-corrected chi connectivity index (χ2v) is 8.59. The molecule has 0 atom stereocenters. The summed E-state index contributed by atoms with van der Waals surface area (Å²) in [7, 11) is 3.81. The molecule has 2 aliphatic rings. The fourth-order valence-corrected chi connectivity index (χ4v) is 5.04. The Kier molecular flexibility index (Phi) is 5.35. The molecule has 2 aliphatic heterocycles. The summed E-state index contributed by atoms with van der Waals surface area (Å²) < 4.78 is 7.63. The monoisotopic (exact) mass is 431 g/mol. The van der Waals surface area contributed by atoms with Crippen molar-refractivity contribution in [3.63, 3.8) is 0 Å². The molecule has 32 heavy (non-hydrogen) atoms. The number of hydrogen-bond donors (Lipinski definition) is 1. The Hall–Kier alpha value is -3.32. The molecule has 5 rings (SSSR count). The van der Waals surface area contributed by atoms with Crippen molar-refractivity contribution in [2.45, 2.75) is 24.9 Å². The Balaban J connectivity index is 1.34. The maximum Gasteiger partial charge on any atom is 0.321 e. The van der Waals surface area contributed by atoms with Crippen LogP contribution in [-0.4, -0.2) is 59.2 Å². The molecule has 0 saturated carbocycles. The van der Waals surface area contributed by atoms with Crippen LogP contribution in [0.1, 0.15) is 18.7 Å². The summed E-state index contributed by atoms with van der Waals surface area (Å²) in [5, 5.41) is 3.01. The average Bonchev–Trinajstić information content (AvgIpc) is 3.28. The van der Waals surface area contributed by atoms with Crippen LogP contribution in [-0.2, 0) is 12.1 Å². The summed E-state index contributed by atoms with van der Waals surface area (Å²) in [6.07, 6.45) is 3.73. The van der Waals surface area contributed by atoms with E-state index in [2.05, 4.69) is 46.1 Å². The van der Waals surface area contributed by atoms with Gasteiger partial charge in [-0.1, -0.05) is 36.4 Å². The number of likely N-dealkylation sites (tertiary alicyclic amines) is 1. The zero-order chi connectivity index (χ0) is 22.1. The Morgan fingerprint density at radius 2 is 1.81 bits per heavy atom. The van der Waals surface area contributed by atoms with Crippen LogP contribution in [0.15, 0.2) is 60.8 Å². The van der Waals surface area contributed by atoms with Crippen LogP contribution in [0.5, 0.6) is 5.75 Å². The van der Waals surface area contributed by atoms with Crippen molar-refractivity contribution in [2.75, 3.05) is 39.1 Å². The number of imidazole rings is 1. The highest BCUT2D eigenvalue weighted by Gasteiger charge is 2.46. The summed E-state index contributed by atoms with van der Waals surface area (Å²) in [5.41, 5.74) is 2.97. The highest BCUT2D eigenvalue weighted by atomic mass is 16.5. The number of rotatable bonds is 3. The molecule has 2 aromatic carbocycles. The third kappa shape index (κ3) is 3.52. The number of ether oxygens (including phenoxy) is 1. The van der Waals surface area contributed by atoms with Crippen LogP contribution in [0.4, 0.5) is 10.5 Å². The number of likely N-dealkylation sites (N-methyl/N-ethyl adjacent to an activating group) is 1. The van der Waals surface area contributed by atoms with Crippen molar-refractivity contribution in [1.29, 1.82) is 0 Å². The standard InChI is InChI=1S/C25H29N5O2/c1-28-15-16-30-22(19-7-4-3-5-8-19)18-26-23(30)25(28)11-13-29(14-12-25)24(31)27-20-9-6-10-21(17-20)32-2/h3-10,17-18H,11-16H2,1-2H3,(H,27,31). The maximum absolute atomic E-state index is 12.9. The number of urea groups is 1. The van der Waals surface area contributed by atoms with Crippen molar-refractivity contribution >= 4 is 11.7 Å². The zero-order valence-electron chi connectivity index (χ0n) is 18.6. The van der Waals surface area contributed by atoms with Gasteiger partial charge in [0.25, 0.3) is 0 Å². The number of carbonyl (C=O) groups excluding carboxylic acids is 1. The molecule has 7 heteroatoms. The van der Waals surface area contributed by atoms with Crippen LogP contribution in [0.3, 0.4) is 0 Å². The van der Waals surface area contributed by atoms with Crippen LogP contribution in [0.2, 0.25) is 0 Å². The predicted octanol–water partition coefficient (Wildman–Crippen LogP) is 4.03. The molecule has 1 spiro atoms. The molecule has 3 heterocycles. The smallest absolute Gasteiger partial charge is 0.321 e. The molecular weight excluding hydrogens is 402 g/mol. The van der Waals surface area contributed by atoms with E-state index in [1.165, 1.54) is 11.3 Å². The second kappa shape index (κ2) is 8.31. The molecule has 0 aliphatic carbocycles. The molecule has 1 fully saturated rings. The SMILES string of the molecule is COc1cccc(NC(=O)N2CCC3(CC2)c2ncc(-c4ccccc4)n2CCN3C)c1. The summed E-state index contributed by atoms with van der Waals surface area (Å²) in [5.74, 6) is 1.85. The van der Waals surface area contributed by atoms with E-state index in [1.807, 2.05) is 41.4 Å². The van der Waals surface area contributed by atoms with E-state index < -0.39 is 0 Å². The number of nitrogens with one attached hydrogen (secondary N) is 1. The lowest BCUT2D eigenvalue weighted by molar-refractivity contribution is 0.0201. The van der Waals surface area contributed by atoms with Gasteiger partial charge in [0.05, 0.1) is 24.5 Å². The van der Waals surface area contributed by atoms with E-state index >= 15 is 0 Å². The maximum atomic E-state index is 12.9. The van der Waals surface area contributed by atoms with Gasteiger partial charge < -0.3 is 19.5 Å². The second-order valence-electron chi connectivity index (χ2n) is 8.59. The molecule has 7 nitrogen and oxygen atoms in total. The minimum Gasteiger partial charge on any atom is -0.497 e. The van der Waals surface area contributed by atoms with E-state index in [4.69, 9.17) is 9.72 Å². The third-order valence-electron chi connectivity index (χ3n) is 6.93. The van der Waals surface area contributed by atoms with Crippen molar-refractivity contribution < 1.29 is 9.53 Å². The van der Waals surface area contributed by atoms with Crippen molar-refractivity contribution in [3.8, 4) is 17.0 Å². The number of carbonyl (C=O) groups is 1. The molecule has 0 unspecified atom stereocenters. The first-order valence-electron chi connectivity index (χ1n) is 11.1. The molecule has 1 saturated heterocycles. The first-order chi connectivity index (χ1) is 15.6. The molecule has 166 valence electrons. The number of methoxy groups -OCH3 is 1. The van der Waals surface area contributed by atoms with Crippen molar-refractivity contribution in [1.82, 2.24) is 19.4 Å². The predicted molar refractivity (Wildman–Crippen MR) is 125 cm³/mol. The molecule has 1 aromatic heterocycles. The van der Waals surface area contributed by atoms with Crippen LogP contribution >= 0.6 is 0 Å². The highest BCUT2D eigenvalue weighted by Crippen LogP contribution is 2.41. The van der Waals surface area contributed by atoms with Gasteiger partial charge >= 0.3 is 6.03 Å². The first kappa shape index (κ1) is 20.6. The van der Waals surface area contributed by atoms with Crippen molar-refractivity contribution in [3.05, 3.63) is 66.6 Å². The number of piperidine rings is 1. The number of fused-ring (bicyclic) bond motifs is 2. The Morgan fingerprint density at radius 1 is 1.03 bits per heavy atom. The lowest BCUT2D eigenvalue weighted by Gasteiger charge is -2.49. The molecule has 0 radical (unpaired) electrons. The van der Waals surface area contributed by atoms with Gasteiger partial charge in [0.15, 0.2) is 0 Å². The number of hydrogen-bond acceptors (Lipinski definition) is 4. The van der Waals surface area contributed by atoms with Crippen LogP contribution in [0.25, 0.3) is 11.3 Å². The lowest BCUT2D eigenvalue weighted by Crippen LogP contribution is -2.57. The van der Waals surface area contributed by atoms with E-state index in [9.17, 15) is 4.79 Å². The minimum absolute atomic E-state index is 0.0696. The average molecular weight is 432 g/mol. The topological polar surface area (TPSA) is 62.6 Å². The van der Waals surface area contributed by atoms with Crippen LogP contribution in [0, 0.1) is 0 Å². The normalized spacial score (nSPS) is 17.8. The van der Waals surface area contributed by atoms with E-state index in [0.29, 0.717) is 13.1 Å². The fraction of sp³-hybridized carbons (Fsp3) is 0.360. The molecule has 1 N–H and O–H groups in total. The van der Waals surface area contributed by atoms with Crippen molar-refractivity contribution in [2.24, 2.45) is 0 Å². The van der Waals surface area contributed by atoms with Gasteiger partial charge in [-0.25, -0.2) is 9.78 Å². The number of nitrogens with zero attached hydrogens (tertiary/aromatic N) is 4. The van der Waals surface area contributed by atoms with Crippen LogP contribution < -0.4 is 10.1 Å². The lowest BCUT2D eigenvalue weighted by atomic mass is 9.83. The van der Waals surface area contributed by atoms with Gasteiger partial charge in [0.1, 0.15) is 11.6 Å². The Labute approximate surface area is 188 Å². The summed E-state index contributed by atoms with van der Waals surface area (Å²) in [6, 6.07) is 17.8. The van der Waals surface area contributed by atoms with E-state index in [-0.39, 0.29) is 11.6 Å². The minimum atomic E-state index is -0.141. The number of amides is 2. The molecule has 2 amide bonds. The van der Waals surface area contributed by atoms with Gasteiger partial charge in [-0.3, -0.25) is 4.90 Å². The molecular formula is C25H29N5O2. The van der Waals surface area contributed by atoms with Gasteiger partial charge in [0.2, 0.25) is 0 Å². The highest BCUT2D eigenvalue weighted by molar-refractivity contribution is 5.89. The number of benzene rings is 2. The van der Waals surface area contributed by atoms with E-state index in [1.54, 1.807) is 7.11 Å². The Bertz CT molecular complexity index is 1100. The Morgan fingerprint density at radius 3 is 2.56 bits per heavy atom. The fourth-order valence-electron chi connectivity index (χ4n) is 5.04. The van der Waals surface area contributed by atoms with Gasteiger partial charge in [-0.15, -0.1) is 0 Å². The molecule has 0 bridgehead atoms. The van der Waals surface area contributed by atoms with Gasteiger partial charge in [-0.05, 0) is 37.6 Å². The molecule has 3 aromatic rings. The summed E-state index contributed by atoms with van der Waals surface area (Å²) in [6.45, 7) is 3.28. The summed E-state index contributed by atoms with van der Waals surface area (Å²) >= 11 is 0. The number of aromatic nitrogens is 2.